The van der Waals surface area contributed by atoms with Crippen molar-refractivity contribution in [2.45, 2.75) is 9.79 Å². The molecule has 0 fully saturated rings. The van der Waals surface area contributed by atoms with Gasteiger partial charge in [0, 0.05) is 0 Å². The molecule has 4 rings (SSSR count). The molecule has 0 bridgehead atoms. The van der Waals surface area contributed by atoms with Crippen molar-refractivity contribution in [3.8, 4) is 0 Å². The van der Waals surface area contributed by atoms with Gasteiger partial charge in [0.15, 0.2) is 0 Å². The molecule has 4 aromatic carbocycles. The Morgan fingerprint density at radius 2 is 1.28 bits per heavy atom. The Balaban J connectivity index is 1.85. The van der Waals surface area contributed by atoms with E-state index in [0.29, 0.717) is 0 Å². The maximum atomic E-state index is 4.05. The van der Waals surface area contributed by atoms with Crippen LogP contribution in [0.15, 0.2) is 107 Å². The van der Waals surface area contributed by atoms with E-state index in [1.165, 1.54) is 29.5 Å². The third-order valence-corrected chi connectivity index (χ3v) is 11.7. The fraction of sp³-hybridized carbons (Fsp3) is 0. The van der Waals surface area contributed by atoms with E-state index in [1.807, 2.05) is 11.8 Å². The van der Waals surface area contributed by atoms with E-state index in [9.17, 15) is 0 Å². The minimum atomic E-state index is -1.25. The first-order valence-corrected chi connectivity index (χ1v) is 14.6. The number of hydrogen-bond donors (Lipinski definition) is 0. The summed E-state index contributed by atoms with van der Waals surface area (Å²) < 4.78 is 2.83. The van der Waals surface area contributed by atoms with E-state index in [-0.39, 0.29) is 0 Å². The van der Waals surface area contributed by atoms with Crippen molar-refractivity contribution in [1.82, 2.24) is 0 Å². The molecule has 0 N–H and O–H groups in total. The quantitative estimate of drug-likeness (QED) is 0.355. The van der Waals surface area contributed by atoms with Gasteiger partial charge in [0.1, 0.15) is 0 Å². The topological polar surface area (TPSA) is 0 Å². The maximum absolute atomic E-state index is 4.05. The summed E-state index contributed by atoms with van der Waals surface area (Å²) in [4.78, 5) is 2.60. The van der Waals surface area contributed by atoms with Gasteiger partial charge >= 0.3 is 165 Å². The Hall–Kier alpha value is -1.51. The predicted molar refractivity (Wildman–Crippen MR) is 115 cm³/mol. The van der Waals surface area contributed by atoms with Gasteiger partial charge in [-0.05, 0) is 0 Å². The van der Waals surface area contributed by atoms with Gasteiger partial charge in [-0.1, -0.05) is 0 Å². The molecule has 25 heavy (non-hydrogen) atoms. The van der Waals surface area contributed by atoms with Crippen molar-refractivity contribution in [2.75, 3.05) is 0 Å². The van der Waals surface area contributed by atoms with Gasteiger partial charge < -0.3 is 0 Å². The zero-order valence-electron chi connectivity index (χ0n) is 13.4. The molecule has 0 spiro atoms. The molecule has 0 aliphatic carbocycles. The van der Waals surface area contributed by atoms with E-state index in [2.05, 4.69) is 111 Å². The number of hydrogen-bond acceptors (Lipinski definition) is 1. The zero-order valence-corrected chi connectivity index (χ0v) is 17.5. The van der Waals surface area contributed by atoms with E-state index in [0.717, 1.165) is 0 Å². The fourth-order valence-electron chi connectivity index (χ4n) is 2.79. The van der Waals surface area contributed by atoms with Gasteiger partial charge in [-0.15, -0.1) is 0 Å². The van der Waals surface area contributed by atoms with Crippen LogP contribution >= 0.6 is 25.9 Å². The standard InChI is InChI=1S/C22H16BrSSe/c23-25(19-13-5-2-6-14-19)21-16-8-10-17-9-7-15-20(22(17)21)24-18-11-3-1-4-12-18/h1-16H/q+1. The molecule has 1 atom stereocenters. The Kier molecular flexibility index (Phi) is 5.28. The molecule has 0 amide bonds. The summed E-state index contributed by atoms with van der Waals surface area (Å²) in [6.45, 7) is 0. The summed E-state index contributed by atoms with van der Waals surface area (Å²) in [6.07, 6.45) is 0. The molecular weight excluding hydrogens is 455 g/mol. The summed E-state index contributed by atoms with van der Waals surface area (Å²) in [6, 6.07) is 34.7. The average Bonchev–Trinajstić information content (AvgIpc) is 2.69. The first-order valence-electron chi connectivity index (χ1n) is 8.03. The van der Waals surface area contributed by atoms with Crippen molar-refractivity contribution in [3.63, 3.8) is 0 Å². The summed E-state index contributed by atoms with van der Waals surface area (Å²) >= 11 is 4.65. The van der Waals surface area contributed by atoms with Crippen LogP contribution in [0.5, 0.6) is 0 Å². The molecule has 3 heteroatoms. The molecule has 4 aromatic rings. The summed E-state index contributed by atoms with van der Waals surface area (Å²) in [5.74, 6) is 0. The second-order valence-corrected chi connectivity index (χ2v) is 13.1. The van der Waals surface area contributed by atoms with Crippen LogP contribution in [-0.2, 0) is 0 Å². The fourth-order valence-corrected chi connectivity index (χ4v) is 9.12. The summed E-state index contributed by atoms with van der Waals surface area (Å²) in [5.41, 5.74) is 0. The van der Waals surface area contributed by atoms with Crippen LogP contribution < -0.4 is 8.92 Å². The number of fused-ring (bicyclic) bond motifs is 1. The van der Waals surface area contributed by atoms with Crippen molar-refractivity contribution in [2.24, 2.45) is 0 Å². The molecule has 0 radical (unpaired) electrons. The van der Waals surface area contributed by atoms with Crippen molar-refractivity contribution < 1.29 is 0 Å². The Bertz CT molecular complexity index is 981. The van der Waals surface area contributed by atoms with Gasteiger partial charge in [0.05, 0.1) is 0 Å². The Morgan fingerprint density at radius 1 is 0.640 bits per heavy atom. The van der Waals surface area contributed by atoms with E-state index in [4.69, 9.17) is 0 Å². The first-order chi connectivity index (χ1) is 12.3. The predicted octanol–water partition coefficient (Wildman–Crippen LogP) is 5.49. The molecule has 1 unspecified atom stereocenters. The van der Waals surface area contributed by atoms with Crippen LogP contribution in [0, 0.1) is 0 Å². The zero-order chi connectivity index (χ0) is 17.1. The average molecular weight is 471 g/mol. The normalized spacial score (nSPS) is 12.2. The van der Waals surface area contributed by atoms with Crippen molar-refractivity contribution >= 4 is 57.7 Å². The van der Waals surface area contributed by atoms with Crippen LogP contribution in [0.25, 0.3) is 10.8 Å². The molecule has 0 saturated carbocycles. The molecular formula is C22H16BrSSe+. The van der Waals surface area contributed by atoms with Crippen LogP contribution in [-0.4, -0.2) is 12.1 Å². The third kappa shape index (κ3) is 3.70. The molecule has 0 aromatic heterocycles. The van der Waals surface area contributed by atoms with Gasteiger partial charge in [0.2, 0.25) is 0 Å². The Morgan fingerprint density at radius 3 is 2.00 bits per heavy atom. The summed E-state index contributed by atoms with van der Waals surface area (Å²) in [5, 5.41) is 2.69. The monoisotopic (exact) mass is 471 g/mol. The molecule has 0 nitrogen and oxygen atoms in total. The van der Waals surface area contributed by atoms with E-state index < -0.39 is 12.1 Å². The van der Waals surface area contributed by atoms with Crippen molar-refractivity contribution in [1.29, 1.82) is 0 Å². The van der Waals surface area contributed by atoms with Gasteiger partial charge in [-0.25, -0.2) is 0 Å². The minimum absolute atomic E-state index is 1.25. The van der Waals surface area contributed by atoms with Crippen LogP contribution in [0.3, 0.4) is 0 Å². The number of halogens is 1. The van der Waals surface area contributed by atoms with Crippen LogP contribution in [0.4, 0.5) is 0 Å². The summed E-state index contributed by atoms with van der Waals surface area (Å²) in [7, 11) is 0. The first kappa shape index (κ1) is 16.9. The second kappa shape index (κ2) is 7.80. The number of benzene rings is 4. The number of rotatable bonds is 4. The third-order valence-electron chi connectivity index (χ3n) is 3.94. The molecule has 0 aliphatic heterocycles. The van der Waals surface area contributed by atoms with E-state index in [1.54, 1.807) is 0 Å². The van der Waals surface area contributed by atoms with Crippen LogP contribution in [0.1, 0.15) is 0 Å². The van der Waals surface area contributed by atoms with Crippen LogP contribution in [0.2, 0.25) is 0 Å². The molecule has 0 heterocycles. The van der Waals surface area contributed by atoms with Gasteiger partial charge in [-0.2, -0.15) is 0 Å². The molecule has 0 aliphatic rings. The van der Waals surface area contributed by atoms with Gasteiger partial charge in [-0.3, -0.25) is 0 Å². The van der Waals surface area contributed by atoms with Crippen molar-refractivity contribution in [3.05, 3.63) is 97.1 Å². The molecule has 0 saturated heterocycles. The molecule has 122 valence electrons. The SMILES string of the molecule is Br[Se+](c1ccccc1)c1cccc2cccc(Sc3ccccc3)c12. The van der Waals surface area contributed by atoms with Gasteiger partial charge in [0.25, 0.3) is 0 Å². The second-order valence-electron chi connectivity index (χ2n) is 5.59. The Labute approximate surface area is 163 Å². The van der Waals surface area contributed by atoms with E-state index >= 15 is 0 Å².